The Labute approximate surface area is 161 Å². The Morgan fingerprint density at radius 3 is 2.24 bits per heavy atom. The SMILES string of the molecule is CC1(C)OC(=O)C(C(c2ccccc2[N+](=O)[O-])c2c(N)[nH]c(=O)[nH]c2=O)C(=O)O1. The van der Waals surface area contributed by atoms with Crippen molar-refractivity contribution >= 4 is 23.4 Å². The number of nitro groups is 1. The summed E-state index contributed by atoms with van der Waals surface area (Å²) in [5.41, 5.74) is 2.83. The fraction of sp³-hybridized carbons (Fsp3) is 0.294. The molecule has 0 saturated carbocycles. The fourth-order valence-electron chi connectivity index (χ4n) is 3.24. The van der Waals surface area contributed by atoms with E-state index in [4.69, 9.17) is 15.2 Å². The first-order valence-electron chi connectivity index (χ1n) is 8.33. The molecule has 1 fully saturated rings. The lowest BCUT2D eigenvalue weighted by molar-refractivity contribution is -0.385. The number of anilines is 1. The van der Waals surface area contributed by atoms with Crippen LogP contribution in [-0.4, -0.2) is 32.6 Å². The maximum atomic E-state index is 12.7. The van der Waals surface area contributed by atoms with Gasteiger partial charge in [0.25, 0.3) is 17.0 Å². The van der Waals surface area contributed by atoms with Crippen LogP contribution in [0.3, 0.4) is 0 Å². The van der Waals surface area contributed by atoms with Crippen LogP contribution in [0.25, 0.3) is 0 Å². The van der Waals surface area contributed by atoms with Gasteiger partial charge in [0.2, 0.25) is 0 Å². The number of hydrogen-bond donors (Lipinski definition) is 3. The van der Waals surface area contributed by atoms with Gasteiger partial charge in [-0.15, -0.1) is 0 Å². The highest BCUT2D eigenvalue weighted by Crippen LogP contribution is 2.41. The highest BCUT2D eigenvalue weighted by Gasteiger charge is 2.50. The molecule has 3 rings (SSSR count). The summed E-state index contributed by atoms with van der Waals surface area (Å²) in [5, 5.41) is 11.5. The number of benzene rings is 1. The van der Waals surface area contributed by atoms with Gasteiger partial charge in [0, 0.05) is 31.4 Å². The van der Waals surface area contributed by atoms with Crippen molar-refractivity contribution in [2.24, 2.45) is 5.92 Å². The largest absolute Gasteiger partial charge is 0.422 e. The summed E-state index contributed by atoms with van der Waals surface area (Å²) < 4.78 is 10.2. The second-order valence-corrected chi connectivity index (χ2v) is 6.75. The quantitative estimate of drug-likeness (QED) is 0.275. The third-order valence-corrected chi connectivity index (χ3v) is 4.32. The molecule has 12 heteroatoms. The molecule has 152 valence electrons. The lowest BCUT2D eigenvalue weighted by atomic mass is 9.79. The first-order chi connectivity index (χ1) is 13.5. The fourth-order valence-corrected chi connectivity index (χ4v) is 3.24. The zero-order valence-electron chi connectivity index (χ0n) is 15.3. The Morgan fingerprint density at radius 1 is 1.10 bits per heavy atom. The lowest BCUT2D eigenvalue weighted by Crippen LogP contribution is -2.49. The maximum absolute atomic E-state index is 12.7. The van der Waals surface area contributed by atoms with Gasteiger partial charge in [-0.25, -0.2) is 4.79 Å². The number of nitro benzene ring substituents is 1. The van der Waals surface area contributed by atoms with E-state index in [0.29, 0.717) is 0 Å². The molecule has 29 heavy (non-hydrogen) atoms. The molecule has 2 aromatic rings. The molecule has 0 amide bonds. The Hall–Kier alpha value is -3.96. The van der Waals surface area contributed by atoms with Gasteiger partial charge in [0.05, 0.1) is 10.5 Å². The molecule has 1 atom stereocenters. The number of nitrogens with two attached hydrogens (primary N) is 1. The number of para-hydroxylation sites is 1. The number of hydrogen-bond acceptors (Lipinski definition) is 9. The lowest BCUT2D eigenvalue weighted by Gasteiger charge is -2.35. The molecule has 0 radical (unpaired) electrons. The van der Waals surface area contributed by atoms with E-state index >= 15 is 0 Å². The Morgan fingerprint density at radius 2 is 1.69 bits per heavy atom. The highest BCUT2D eigenvalue weighted by molar-refractivity contribution is 5.98. The van der Waals surface area contributed by atoms with Crippen LogP contribution >= 0.6 is 0 Å². The van der Waals surface area contributed by atoms with Crippen LogP contribution in [0.2, 0.25) is 0 Å². The molecular formula is C17H16N4O8. The number of nitrogens with zero attached hydrogens (tertiary/aromatic N) is 1. The molecule has 2 heterocycles. The Balaban J connectivity index is 2.32. The summed E-state index contributed by atoms with van der Waals surface area (Å²) in [6.45, 7) is 2.67. The smallest absolute Gasteiger partial charge is 0.327 e. The van der Waals surface area contributed by atoms with E-state index in [2.05, 4.69) is 4.98 Å². The summed E-state index contributed by atoms with van der Waals surface area (Å²) in [7, 11) is 0. The van der Waals surface area contributed by atoms with Crippen molar-refractivity contribution in [1.29, 1.82) is 0 Å². The van der Waals surface area contributed by atoms with E-state index in [1.807, 2.05) is 4.98 Å². The van der Waals surface area contributed by atoms with Gasteiger partial charge in [-0.2, -0.15) is 0 Å². The average molecular weight is 404 g/mol. The Bertz CT molecular complexity index is 1110. The van der Waals surface area contributed by atoms with Gasteiger partial charge in [-0.1, -0.05) is 18.2 Å². The molecule has 0 aliphatic carbocycles. The first kappa shape index (κ1) is 19.8. The summed E-state index contributed by atoms with van der Waals surface area (Å²) in [6.07, 6.45) is 0. The number of nitrogen functional groups attached to an aromatic ring is 1. The van der Waals surface area contributed by atoms with E-state index < -0.39 is 62.8 Å². The normalized spacial score (nSPS) is 17.3. The Kier molecular flexibility index (Phi) is 4.70. The van der Waals surface area contributed by atoms with Crippen LogP contribution in [0.15, 0.2) is 33.9 Å². The summed E-state index contributed by atoms with van der Waals surface area (Å²) >= 11 is 0. The second kappa shape index (κ2) is 6.89. The van der Waals surface area contributed by atoms with Gasteiger partial charge in [-0.3, -0.25) is 34.5 Å². The van der Waals surface area contributed by atoms with E-state index in [-0.39, 0.29) is 5.56 Å². The molecule has 1 saturated heterocycles. The van der Waals surface area contributed by atoms with Crippen molar-refractivity contribution in [1.82, 2.24) is 9.97 Å². The minimum absolute atomic E-state index is 0.152. The monoisotopic (exact) mass is 404 g/mol. The molecule has 1 aromatic heterocycles. The molecule has 0 bridgehead atoms. The van der Waals surface area contributed by atoms with Crippen LogP contribution in [0.4, 0.5) is 11.5 Å². The number of carbonyl (C=O) groups is 2. The number of H-pyrrole nitrogens is 2. The van der Waals surface area contributed by atoms with Gasteiger partial charge in [0.15, 0.2) is 5.92 Å². The third kappa shape index (κ3) is 3.59. The number of aromatic nitrogens is 2. The van der Waals surface area contributed by atoms with Gasteiger partial charge >= 0.3 is 17.6 Å². The van der Waals surface area contributed by atoms with E-state index in [0.717, 1.165) is 6.07 Å². The standard InChI is InChI=1S/C17H16N4O8/c1-17(2)28-14(23)11(15(24)29-17)9(7-5-3-4-6-8(7)21(26)27)10-12(18)19-16(25)20-13(10)22/h3-6,9,11H,1-2H3,(H4,18,19,20,22,25). The molecule has 4 N–H and O–H groups in total. The van der Waals surface area contributed by atoms with Crippen molar-refractivity contribution in [3.05, 3.63) is 66.3 Å². The number of aromatic amines is 2. The predicted octanol–water partition coefficient (Wildman–Crippen LogP) is 0.138. The second-order valence-electron chi connectivity index (χ2n) is 6.75. The van der Waals surface area contributed by atoms with E-state index in [9.17, 15) is 29.3 Å². The highest BCUT2D eigenvalue weighted by atomic mass is 16.7. The molecule has 1 unspecified atom stereocenters. The van der Waals surface area contributed by atoms with Crippen molar-refractivity contribution in [2.45, 2.75) is 25.6 Å². The molecule has 0 spiro atoms. The van der Waals surface area contributed by atoms with Crippen molar-refractivity contribution in [3.8, 4) is 0 Å². The topological polar surface area (TPSA) is 187 Å². The number of ether oxygens (including phenoxy) is 2. The number of esters is 2. The van der Waals surface area contributed by atoms with Crippen molar-refractivity contribution in [2.75, 3.05) is 5.73 Å². The van der Waals surface area contributed by atoms with Gasteiger partial charge in [-0.05, 0) is 0 Å². The molecule has 1 aliphatic heterocycles. The average Bonchev–Trinajstić information content (AvgIpc) is 2.57. The van der Waals surface area contributed by atoms with Gasteiger partial charge in [0.1, 0.15) is 5.82 Å². The number of rotatable bonds is 4. The van der Waals surface area contributed by atoms with Crippen molar-refractivity contribution < 1.29 is 24.0 Å². The predicted molar refractivity (Wildman–Crippen MR) is 96.8 cm³/mol. The van der Waals surface area contributed by atoms with E-state index in [1.165, 1.54) is 32.0 Å². The zero-order valence-corrected chi connectivity index (χ0v) is 15.3. The third-order valence-electron chi connectivity index (χ3n) is 4.32. The van der Waals surface area contributed by atoms with Crippen molar-refractivity contribution in [3.63, 3.8) is 0 Å². The van der Waals surface area contributed by atoms with E-state index in [1.54, 1.807) is 0 Å². The minimum Gasteiger partial charge on any atom is -0.422 e. The van der Waals surface area contributed by atoms with Crippen LogP contribution in [0.1, 0.15) is 30.9 Å². The maximum Gasteiger partial charge on any atom is 0.327 e. The number of cyclic esters (lactones) is 2. The zero-order chi connectivity index (χ0) is 21.5. The minimum atomic E-state index is -1.77. The van der Waals surface area contributed by atoms with Crippen LogP contribution < -0.4 is 17.0 Å². The van der Waals surface area contributed by atoms with Crippen LogP contribution in [0, 0.1) is 16.0 Å². The number of nitrogens with one attached hydrogen (secondary N) is 2. The molecular weight excluding hydrogens is 388 g/mol. The number of carbonyl (C=O) groups excluding carboxylic acids is 2. The molecule has 12 nitrogen and oxygen atoms in total. The first-order valence-corrected chi connectivity index (χ1v) is 8.33. The summed E-state index contributed by atoms with van der Waals surface area (Å²) in [6, 6.07) is 5.21. The van der Waals surface area contributed by atoms with Crippen LogP contribution in [-0.2, 0) is 19.1 Å². The van der Waals surface area contributed by atoms with Crippen LogP contribution in [0.5, 0.6) is 0 Å². The molecule has 1 aliphatic rings. The van der Waals surface area contributed by atoms with Gasteiger partial charge < -0.3 is 15.2 Å². The molecule has 1 aromatic carbocycles. The summed E-state index contributed by atoms with van der Waals surface area (Å²) in [5.74, 6) is -7.43. The summed E-state index contributed by atoms with van der Waals surface area (Å²) in [4.78, 5) is 64.2.